The molecule has 0 aliphatic rings. The Kier molecular flexibility index (Phi) is 3.86. The monoisotopic (exact) mass is 246 g/mol. The number of nitrogens with zero attached hydrogens (tertiary/aromatic N) is 1. The zero-order valence-corrected chi connectivity index (χ0v) is 9.47. The average Bonchev–Trinajstić information content (AvgIpc) is 2.39. The first kappa shape index (κ1) is 12.0. The van der Waals surface area contributed by atoms with Gasteiger partial charge < -0.3 is 10.1 Å². The van der Waals surface area contributed by atoms with Crippen LogP contribution in [0, 0.1) is 5.82 Å². The number of amides is 1. The average molecular weight is 246 g/mol. The lowest BCUT2D eigenvalue weighted by Crippen LogP contribution is -2.20. The molecule has 92 valence electrons. The minimum absolute atomic E-state index is 0.0497. The summed E-state index contributed by atoms with van der Waals surface area (Å²) in [7, 11) is 0. The number of carbonyl (C=O) groups excluding carboxylic acids is 1. The second-order valence-electron chi connectivity index (χ2n) is 3.48. The van der Waals surface area contributed by atoms with Crippen LogP contribution >= 0.6 is 0 Å². The van der Waals surface area contributed by atoms with E-state index >= 15 is 0 Å². The fourth-order valence-electron chi connectivity index (χ4n) is 1.32. The molecule has 1 aromatic heterocycles. The van der Waals surface area contributed by atoms with Gasteiger partial charge in [0.2, 0.25) is 0 Å². The largest absolute Gasteiger partial charge is 0.481 e. The van der Waals surface area contributed by atoms with E-state index < -0.39 is 11.7 Å². The highest BCUT2D eigenvalue weighted by Crippen LogP contribution is 2.15. The highest BCUT2D eigenvalue weighted by Gasteiger charge is 2.06. The molecule has 1 heterocycles. The Morgan fingerprint density at radius 3 is 2.72 bits per heavy atom. The van der Waals surface area contributed by atoms with Crippen LogP contribution in [0.15, 0.2) is 48.7 Å². The number of anilines is 1. The Morgan fingerprint density at radius 2 is 2.00 bits per heavy atom. The molecule has 2 rings (SSSR count). The molecule has 0 atom stereocenters. The number of aromatic nitrogens is 1. The van der Waals surface area contributed by atoms with E-state index in [-0.39, 0.29) is 12.4 Å². The summed E-state index contributed by atoms with van der Waals surface area (Å²) in [6.45, 7) is -0.266. The van der Waals surface area contributed by atoms with Gasteiger partial charge in [-0.05, 0) is 24.3 Å². The van der Waals surface area contributed by atoms with Gasteiger partial charge in [-0.2, -0.15) is 0 Å². The topological polar surface area (TPSA) is 51.2 Å². The first-order valence-corrected chi connectivity index (χ1v) is 5.34. The van der Waals surface area contributed by atoms with Crippen molar-refractivity contribution in [3.63, 3.8) is 0 Å². The first-order chi connectivity index (χ1) is 8.75. The van der Waals surface area contributed by atoms with E-state index in [1.807, 2.05) is 0 Å². The quantitative estimate of drug-likeness (QED) is 0.900. The standard InChI is InChI=1S/C13H11FN2O2/c14-10-5-1-2-6-11(10)18-9-13(17)16-12-7-3-4-8-15-12/h1-8H,9H2,(H,15,16,17). The SMILES string of the molecule is O=C(COc1ccccc1F)Nc1ccccn1. The molecule has 0 radical (unpaired) electrons. The molecule has 0 aliphatic heterocycles. The second kappa shape index (κ2) is 5.77. The molecule has 18 heavy (non-hydrogen) atoms. The summed E-state index contributed by atoms with van der Waals surface area (Å²) in [5, 5.41) is 2.53. The molecular weight excluding hydrogens is 235 g/mol. The number of nitrogens with one attached hydrogen (secondary N) is 1. The van der Waals surface area contributed by atoms with E-state index in [1.165, 1.54) is 12.1 Å². The normalized spacial score (nSPS) is 9.83. The number of hydrogen-bond acceptors (Lipinski definition) is 3. The van der Waals surface area contributed by atoms with Crippen molar-refractivity contribution in [3.8, 4) is 5.75 Å². The zero-order valence-electron chi connectivity index (χ0n) is 9.47. The van der Waals surface area contributed by atoms with Crippen LogP contribution in [0.3, 0.4) is 0 Å². The summed E-state index contributed by atoms with van der Waals surface area (Å²) in [5.74, 6) is -0.409. The summed E-state index contributed by atoms with van der Waals surface area (Å²) >= 11 is 0. The zero-order chi connectivity index (χ0) is 12.8. The number of benzene rings is 1. The maximum atomic E-state index is 13.2. The predicted octanol–water partition coefficient (Wildman–Crippen LogP) is 2.24. The van der Waals surface area contributed by atoms with Crippen LogP contribution in [0.5, 0.6) is 5.75 Å². The van der Waals surface area contributed by atoms with Gasteiger partial charge in [0.1, 0.15) is 5.82 Å². The lowest BCUT2D eigenvalue weighted by molar-refractivity contribution is -0.118. The number of para-hydroxylation sites is 1. The van der Waals surface area contributed by atoms with Crippen molar-refractivity contribution >= 4 is 11.7 Å². The molecule has 0 bridgehead atoms. The third kappa shape index (κ3) is 3.28. The van der Waals surface area contributed by atoms with Gasteiger partial charge in [-0.1, -0.05) is 18.2 Å². The summed E-state index contributed by atoms with van der Waals surface area (Å²) in [4.78, 5) is 15.4. The molecule has 0 fully saturated rings. The minimum Gasteiger partial charge on any atom is -0.481 e. The Labute approximate surface area is 103 Å². The highest BCUT2D eigenvalue weighted by atomic mass is 19.1. The maximum Gasteiger partial charge on any atom is 0.263 e. The molecule has 1 aromatic carbocycles. The molecule has 2 aromatic rings. The molecule has 0 spiro atoms. The van der Waals surface area contributed by atoms with Crippen molar-refractivity contribution in [2.75, 3.05) is 11.9 Å². The van der Waals surface area contributed by atoms with Crippen molar-refractivity contribution in [2.45, 2.75) is 0 Å². The van der Waals surface area contributed by atoms with Gasteiger partial charge in [-0.25, -0.2) is 9.37 Å². The van der Waals surface area contributed by atoms with E-state index in [9.17, 15) is 9.18 Å². The molecule has 1 amide bonds. The van der Waals surface area contributed by atoms with Crippen LogP contribution < -0.4 is 10.1 Å². The van der Waals surface area contributed by atoms with Crippen molar-refractivity contribution in [1.29, 1.82) is 0 Å². The highest BCUT2D eigenvalue weighted by molar-refractivity contribution is 5.90. The van der Waals surface area contributed by atoms with E-state index in [1.54, 1.807) is 36.5 Å². The molecular formula is C13H11FN2O2. The molecule has 0 saturated carbocycles. The first-order valence-electron chi connectivity index (χ1n) is 5.34. The van der Waals surface area contributed by atoms with Crippen LogP contribution in [0.1, 0.15) is 0 Å². The van der Waals surface area contributed by atoms with Crippen molar-refractivity contribution in [2.24, 2.45) is 0 Å². The van der Waals surface area contributed by atoms with Crippen LogP contribution in [-0.2, 0) is 4.79 Å². The third-order valence-corrected chi connectivity index (χ3v) is 2.13. The van der Waals surface area contributed by atoms with E-state index in [2.05, 4.69) is 10.3 Å². The lowest BCUT2D eigenvalue weighted by Gasteiger charge is -2.07. The number of halogens is 1. The van der Waals surface area contributed by atoms with Gasteiger partial charge in [-0.3, -0.25) is 4.79 Å². The molecule has 0 unspecified atom stereocenters. The van der Waals surface area contributed by atoms with Crippen LogP contribution in [-0.4, -0.2) is 17.5 Å². The fraction of sp³-hybridized carbons (Fsp3) is 0.0769. The van der Waals surface area contributed by atoms with E-state index in [0.717, 1.165) is 0 Å². The molecule has 0 saturated heterocycles. The molecule has 4 nitrogen and oxygen atoms in total. The van der Waals surface area contributed by atoms with Crippen molar-refractivity contribution in [1.82, 2.24) is 4.98 Å². The van der Waals surface area contributed by atoms with Gasteiger partial charge in [0.15, 0.2) is 18.2 Å². The van der Waals surface area contributed by atoms with Gasteiger partial charge in [0.05, 0.1) is 0 Å². The number of ether oxygens (including phenoxy) is 1. The summed E-state index contributed by atoms with van der Waals surface area (Å²) < 4.78 is 18.3. The fourth-order valence-corrected chi connectivity index (χ4v) is 1.32. The van der Waals surface area contributed by atoms with Crippen molar-refractivity contribution < 1.29 is 13.9 Å². The van der Waals surface area contributed by atoms with Gasteiger partial charge in [0.25, 0.3) is 5.91 Å². The summed E-state index contributed by atoms with van der Waals surface area (Å²) in [6, 6.07) is 11.1. The van der Waals surface area contributed by atoms with E-state index in [0.29, 0.717) is 5.82 Å². The second-order valence-corrected chi connectivity index (χ2v) is 3.48. The van der Waals surface area contributed by atoms with Gasteiger partial charge in [-0.15, -0.1) is 0 Å². The minimum atomic E-state index is -0.497. The Hall–Kier alpha value is -2.43. The van der Waals surface area contributed by atoms with E-state index in [4.69, 9.17) is 4.74 Å². The number of hydrogen-bond donors (Lipinski definition) is 1. The smallest absolute Gasteiger partial charge is 0.263 e. The number of pyridine rings is 1. The summed E-state index contributed by atoms with van der Waals surface area (Å²) in [6.07, 6.45) is 1.56. The Balaban J connectivity index is 1.88. The number of rotatable bonds is 4. The summed E-state index contributed by atoms with van der Waals surface area (Å²) in [5.41, 5.74) is 0. The molecule has 0 aliphatic carbocycles. The van der Waals surface area contributed by atoms with Crippen LogP contribution in [0.4, 0.5) is 10.2 Å². The molecule has 1 N–H and O–H groups in total. The van der Waals surface area contributed by atoms with Crippen LogP contribution in [0.25, 0.3) is 0 Å². The molecule has 5 heteroatoms. The van der Waals surface area contributed by atoms with Crippen molar-refractivity contribution in [3.05, 3.63) is 54.5 Å². The van der Waals surface area contributed by atoms with Gasteiger partial charge in [0, 0.05) is 6.20 Å². The number of carbonyl (C=O) groups is 1. The van der Waals surface area contributed by atoms with Gasteiger partial charge >= 0.3 is 0 Å². The maximum absolute atomic E-state index is 13.2. The van der Waals surface area contributed by atoms with Crippen LogP contribution in [0.2, 0.25) is 0 Å². The Bertz CT molecular complexity index is 532. The third-order valence-electron chi connectivity index (χ3n) is 2.13. The Morgan fingerprint density at radius 1 is 1.22 bits per heavy atom. The lowest BCUT2D eigenvalue weighted by atomic mass is 10.3. The predicted molar refractivity (Wildman–Crippen MR) is 64.8 cm³/mol.